The summed E-state index contributed by atoms with van der Waals surface area (Å²) in [6.07, 6.45) is 2.26. The Morgan fingerprint density at radius 3 is 2.93 bits per heavy atom. The van der Waals surface area contributed by atoms with Gasteiger partial charge in [0, 0.05) is 6.07 Å². The molecule has 0 spiro atoms. The summed E-state index contributed by atoms with van der Waals surface area (Å²) in [4.78, 5) is 3.62. The molecule has 2 nitrogen and oxygen atoms in total. The monoisotopic (exact) mass is 197 g/mol. The predicted octanol–water partition coefficient (Wildman–Crippen LogP) is 3.04. The Morgan fingerprint density at radius 2 is 2.29 bits per heavy atom. The van der Waals surface area contributed by atoms with Crippen LogP contribution < -0.4 is 4.74 Å². The zero-order chi connectivity index (χ0) is 10.4. The molecule has 1 heterocycles. The lowest BCUT2D eigenvalue weighted by Gasteiger charge is -2.10. The molecule has 0 saturated carbocycles. The number of ether oxygens (including phenoxy) is 1. The molecule has 0 saturated heterocycles. The van der Waals surface area contributed by atoms with Gasteiger partial charge in [-0.05, 0) is 18.4 Å². The van der Waals surface area contributed by atoms with Crippen molar-refractivity contribution in [1.82, 2.24) is 4.98 Å². The Hall–Kier alpha value is -1.12. The summed E-state index contributed by atoms with van der Waals surface area (Å²) >= 11 is 0. The van der Waals surface area contributed by atoms with Gasteiger partial charge < -0.3 is 4.74 Å². The maximum absolute atomic E-state index is 12.6. The van der Waals surface area contributed by atoms with E-state index in [0.717, 1.165) is 12.8 Å². The molecule has 1 atom stereocenters. The van der Waals surface area contributed by atoms with Crippen LogP contribution in [0.3, 0.4) is 0 Å². The maximum Gasteiger partial charge on any atom is 0.216 e. The molecule has 0 aliphatic carbocycles. The first-order valence-corrected chi connectivity index (χ1v) is 4.97. The maximum atomic E-state index is 12.6. The van der Waals surface area contributed by atoms with Gasteiger partial charge in [-0.15, -0.1) is 0 Å². The molecule has 0 radical (unpaired) electrons. The van der Waals surface area contributed by atoms with Crippen LogP contribution in [0.1, 0.15) is 26.7 Å². The minimum absolute atomic E-state index is 0.368. The molecule has 0 bridgehead atoms. The first-order chi connectivity index (χ1) is 6.72. The highest BCUT2D eigenvalue weighted by Crippen LogP contribution is 2.10. The van der Waals surface area contributed by atoms with Crippen LogP contribution in [-0.2, 0) is 0 Å². The van der Waals surface area contributed by atoms with Gasteiger partial charge in [-0.25, -0.2) is 0 Å². The topological polar surface area (TPSA) is 22.1 Å². The molecular formula is C11H16FNO. The fourth-order valence-electron chi connectivity index (χ4n) is 1.27. The van der Waals surface area contributed by atoms with Crippen molar-refractivity contribution in [3.05, 3.63) is 24.1 Å². The van der Waals surface area contributed by atoms with Gasteiger partial charge in [-0.2, -0.15) is 9.37 Å². The normalized spacial score (nSPS) is 12.5. The minimum atomic E-state index is -0.495. The lowest BCUT2D eigenvalue weighted by Crippen LogP contribution is -2.09. The average Bonchev–Trinajstić information content (AvgIpc) is 2.15. The summed E-state index contributed by atoms with van der Waals surface area (Å²) in [6, 6.07) is 4.58. The number of pyridine rings is 1. The fourth-order valence-corrected chi connectivity index (χ4v) is 1.27. The lowest BCUT2D eigenvalue weighted by atomic mass is 10.1. The van der Waals surface area contributed by atoms with Crippen molar-refractivity contribution in [2.24, 2.45) is 5.92 Å². The van der Waals surface area contributed by atoms with E-state index in [1.54, 1.807) is 12.1 Å². The van der Waals surface area contributed by atoms with Crippen LogP contribution in [0, 0.1) is 11.9 Å². The summed E-state index contributed by atoms with van der Waals surface area (Å²) in [5.41, 5.74) is 0. The second-order valence-corrected chi connectivity index (χ2v) is 3.50. The highest BCUT2D eigenvalue weighted by atomic mass is 19.1. The molecule has 0 aromatic carbocycles. The quantitative estimate of drug-likeness (QED) is 0.677. The molecule has 1 rings (SSSR count). The van der Waals surface area contributed by atoms with Gasteiger partial charge in [-0.1, -0.05) is 26.3 Å². The Kier molecular flexibility index (Phi) is 4.36. The summed E-state index contributed by atoms with van der Waals surface area (Å²) in [7, 11) is 0. The van der Waals surface area contributed by atoms with Gasteiger partial charge >= 0.3 is 0 Å². The van der Waals surface area contributed by atoms with Crippen LogP contribution in [0.2, 0.25) is 0 Å². The number of aromatic nitrogens is 1. The van der Waals surface area contributed by atoms with E-state index < -0.39 is 5.95 Å². The van der Waals surface area contributed by atoms with Gasteiger partial charge in [0.05, 0.1) is 6.61 Å². The van der Waals surface area contributed by atoms with Gasteiger partial charge in [0.2, 0.25) is 11.8 Å². The molecule has 0 N–H and O–H groups in total. The van der Waals surface area contributed by atoms with Crippen LogP contribution in [0.5, 0.6) is 5.88 Å². The number of hydrogen-bond donors (Lipinski definition) is 0. The van der Waals surface area contributed by atoms with E-state index in [4.69, 9.17) is 4.74 Å². The summed E-state index contributed by atoms with van der Waals surface area (Å²) < 4.78 is 18.0. The van der Waals surface area contributed by atoms with Crippen molar-refractivity contribution in [2.45, 2.75) is 26.7 Å². The molecule has 1 aromatic heterocycles. The second-order valence-electron chi connectivity index (χ2n) is 3.50. The molecule has 0 fully saturated rings. The fraction of sp³-hybridized carbons (Fsp3) is 0.545. The second kappa shape index (κ2) is 5.58. The SMILES string of the molecule is CCCC(C)COc1cccc(F)n1. The van der Waals surface area contributed by atoms with E-state index >= 15 is 0 Å². The predicted molar refractivity (Wildman–Crippen MR) is 53.8 cm³/mol. The third-order valence-corrected chi connectivity index (χ3v) is 1.99. The molecule has 3 heteroatoms. The third kappa shape index (κ3) is 3.73. The van der Waals surface area contributed by atoms with Crippen molar-refractivity contribution in [2.75, 3.05) is 6.61 Å². The molecule has 78 valence electrons. The van der Waals surface area contributed by atoms with E-state index in [1.165, 1.54) is 6.07 Å². The number of nitrogens with zero attached hydrogens (tertiary/aromatic N) is 1. The van der Waals surface area contributed by atoms with Crippen molar-refractivity contribution in [3.8, 4) is 5.88 Å². The van der Waals surface area contributed by atoms with Crippen molar-refractivity contribution in [3.63, 3.8) is 0 Å². The molecule has 0 aliphatic rings. The summed E-state index contributed by atoms with van der Waals surface area (Å²) in [5, 5.41) is 0. The zero-order valence-electron chi connectivity index (χ0n) is 8.66. The first kappa shape index (κ1) is 11.0. The standard InChI is InChI=1S/C11H16FNO/c1-3-5-9(2)8-14-11-7-4-6-10(12)13-11/h4,6-7,9H,3,5,8H2,1-2H3. The van der Waals surface area contributed by atoms with Crippen molar-refractivity contribution < 1.29 is 9.13 Å². The van der Waals surface area contributed by atoms with Crippen LogP contribution in [0.15, 0.2) is 18.2 Å². The Balaban J connectivity index is 2.37. The Morgan fingerprint density at radius 1 is 1.50 bits per heavy atom. The first-order valence-electron chi connectivity index (χ1n) is 4.97. The molecule has 0 aliphatic heterocycles. The van der Waals surface area contributed by atoms with E-state index in [1.807, 2.05) is 0 Å². The third-order valence-electron chi connectivity index (χ3n) is 1.99. The van der Waals surface area contributed by atoms with E-state index in [0.29, 0.717) is 18.4 Å². The summed E-state index contributed by atoms with van der Waals surface area (Å²) in [5.74, 6) is 0.365. The van der Waals surface area contributed by atoms with Crippen LogP contribution in [0.4, 0.5) is 4.39 Å². The molecule has 1 unspecified atom stereocenters. The van der Waals surface area contributed by atoms with Crippen LogP contribution in [-0.4, -0.2) is 11.6 Å². The Labute approximate surface area is 84.1 Å². The van der Waals surface area contributed by atoms with E-state index in [9.17, 15) is 4.39 Å². The largest absolute Gasteiger partial charge is 0.477 e. The van der Waals surface area contributed by atoms with E-state index in [2.05, 4.69) is 18.8 Å². The van der Waals surface area contributed by atoms with Gasteiger partial charge in [0.25, 0.3) is 0 Å². The minimum Gasteiger partial charge on any atom is -0.477 e. The Bertz CT molecular complexity index is 278. The number of halogens is 1. The highest BCUT2D eigenvalue weighted by Gasteiger charge is 2.03. The lowest BCUT2D eigenvalue weighted by molar-refractivity contribution is 0.240. The zero-order valence-corrected chi connectivity index (χ0v) is 8.66. The van der Waals surface area contributed by atoms with Crippen molar-refractivity contribution in [1.29, 1.82) is 0 Å². The average molecular weight is 197 g/mol. The smallest absolute Gasteiger partial charge is 0.216 e. The molecule has 14 heavy (non-hydrogen) atoms. The number of rotatable bonds is 5. The van der Waals surface area contributed by atoms with Crippen molar-refractivity contribution >= 4 is 0 Å². The summed E-state index contributed by atoms with van der Waals surface area (Å²) in [6.45, 7) is 4.85. The number of hydrogen-bond acceptors (Lipinski definition) is 2. The molecule has 0 amide bonds. The van der Waals surface area contributed by atoms with E-state index in [-0.39, 0.29) is 0 Å². The highest BCUT2D eigenvalue weighted by molar-refractivity contribution is 5.10. The van der Waals surface area contributed by atoms with Crippen LogP contribution >= 0.6 is 0 Å². The molecule has 1 aromatic rings. The van der Waals surface area contributed by atoms with Gasteiger partial charge in [-0.3, -0.25) is 0 Å². The van der Waals surface area contributed by atoms with Gasteiger partial charge in [0.1, 0.15) is 0 Å². The van der Waals surface area contributed by atoms with Gasteiger partial charge in [0.15, 0.2) is 0 Å². The molecular weight excluding hydrogens is 181 g/mol. The van der Waals surface area contributed by atoms with Crippen LogP contribution in [0.25, 0.3) is 0 Å².